The Kier molecular flexibility index (Phi) is 10.0. The van der Waals surface area contributed by atoms with Crippen molar-refractivity contribution < 1.29 is 24.2 Å². The highest BCUT2D eigenvalue weighted by atomic mass is 32.2. The van der Waals surface area contributed by atoms with Gasteiger partial charge in [-0.1, -0.05) is 47.6 Å². The molecule has 0 aromatic heterocycles. The molecule has 3 aliphatic carbocycles. The van der Waals surface area contributed by atoms with Gasteiger partial charge in [-0.05, 0) is 69.1 Å². The number of hydrogen-bond acceptors (Lipinski definition) is 7. The molecule has 9 atom stereocenters. The Bertz CT molecular complexity index is 984. The quantitative estimate of drug-likeness (QED) is 0.249. The summed E-state index contributed by atoms with van der Waals surface area (Å²) in [6.07, 6.45) is 4.80. The number of nitrogens with two attached hydrogens (primary N) is 1. The van der Waals surface area contributed by atoms with E-state index in [9.17, 15) is 19.5 Å². The maximum Gasteiger partial charge on any atom is 0.316 e. The molecule has 0 spiro atoms. The largest absolute Gasteiger partial charge is 0.461 e. The zero-order valence-electron chi connectivity index (χ0n) is 26.0. The number of nitrogens with one attached hydrogen (secondary N) is 1. The first-order valence-electron chi connectivity index (χ1n) is 15.1. The molecule has 2 bridgehead atoms. The lowest BCUT2D eigenvalue weighted by atomic mass is 9.44. The molecule has 7 nitrogen and oxygen atoms in total. The standard InChI is InChI=1S/C32H54N2O5S/c1-10-30(8)16-24(39-25(36)17-40-29(6,7)18-34-28(38)22(33)15-19(2)3)31(9)20(4)11-13-32(21(5)27(30)37)14-12-23(35)26(31)32/h10,19-22,24,26-27,37H,1,11-18,33H2,2-9H3,(H,34,38)/t20-,21+,22-,24-,26+,27+,30-,31+,32+/m1/s1. The second kappa shape index (κ2) is 12.1. The summed E-state index contributed by atoms with van der Waals surface area (Å²) < 4.78 is 5.94. The smallest absolute Gasteiger partial charge is 0.316 e. The van der Waals surface area contributed by atoms with E-state index in [0.29, 0.717) is 31.7 Å². The number of amides is 1. The van der Waals surface area contributed by atoms with Crippen molar-refractivity contribution in [3.8, 4) is 0 Å². The Morgan fingerprint density at radius 1 is 1.27 bits per heavy atom. The Balaban J connectivity index is 1.79. The lowest BCUT2D eigenvalue weighted by Crippen LogP contribution is -2.63. The second-order valence-electron chi connectivity index (χ2n) is 14.6. The summed E-state index contributed by atoms with van der Waals surface area (Å²) >= 11 is 1.43. The van der Waals surface area contributed by atoms with Crippen LogP contribution in [0.5, 0.6) is 0 Å². The minimum atomic E-state index is -0.684. The van der Waals surface area contributed by atoms with E-state index >= 15 is 0 Å². The number of carbonyl (C=O) groups is 3. The van der Waals surface area contributed by atoms with Gasteiger partial charge in [-0.2, -0.15) is 0 Å². The molecular formula is C32H54N2O5S. The van der Waals surface area contributed by atoms with Crippen LogP contribution in [0.3, 0.4) is 0 Å². The molecule has 0 aromatic carbocycles. The van der Waals surface area contributed by atoms with Crippen LogP contribution >= 0.6 is 11.8 Å². The fraction of sp³-hybridized carbons (Fsp3) is 0.844. The van der Waals surface area contributed by atoms with Gasteiger partial charge < -0.3 is 20.9 Å². The molecule has 1 amide bonds. The first kappa shape index (κ1) is 33.1. The summed E-state index contributed by atoms with van der Waals surface area (Å²) in [4.78, 5) is 39.4. The summed E-state index contributed by atoms with van der Waals surface area (Å²) in [6, 6.07) is -0.550. The topological polar surface area (TPSA) is 119 Å². The Morgan fingerprint density at radius 2 is 1.93 bits per heavy atom. The van der Waals surface area contributed by atoms with Crippen LogP contribution in [0.2, 0.25) is 0 Å². The van der Waals surface area contributed by atoms with E-state index in [1.807, 2.05) is 40.7 Å². The second-order valence-corrected chi connectivity index (χ2v) is 16.2. The van der Waals surface area contributed by atoms with E-state index in [0.717, 1.165) is 19.3 Å². The van der Waals surface area contributed by atoms with Gasteiger partial charge in [-0.3, -0.25) is 14.4 Å². The molecule has 3 fully saturated rings. The van der Waals surface area contributed by atoms with Crippen molar-refractivity contribution in [1.82, 2.24) is 5.32 Å². The van der Waals surface area contributed by atoms with Crippen LogP contribution < -0.4 is 11.1 Å². The number of ether oxygens (including phenoxy) is 1. The van der Waals surface area contributed by atoms with E-state index in [1.165, 1.54) is 11.8 Å². The molecular weight excluding hydrogens is 524 g/mol. The molecule has 8 heteroatoms. The van der Waals surface area contributed by atoms with Crippen LogP contribution in [0.4, 0.5) is 0 Å². The van der Waals surface area contributed by atoms with Gasteiger partial charge >= 0.3 is 5.97 Å². The number of esters is 1. The lowest BCUT2D eigenvalue weighted by molar-refractivity contribution is -0.205. The highest BCUT2D eigenvalue weighted by Gasteiger charge is 2.68. The van der Waals surface area contributed by atoms with Gasteiger partial charge in [0.1, 0.15) is 11.9 Å². The third kappa shape index (κ3) is 6.19. The lowest BCUT2D eigenvalue weighted by Gasteiger charge is -2.61. The SMILES string of the molecule is C=C[C@]1(C)C[C@@H](OC(=O)CSC(C)(C)CNC(=O)[C@H](N)CC(C)C)[C@]2(C)[C@H](C)CC[C@]3(CCC(=O)[C@H]32)[C@@H](C)[C@@H]1O. The Labute approximate surface area is 246 Å². The number of ketones is 1. The van der Waals surface area contributed by atoms with Crippen LogP contribution in [-0.4, -0.2) is 58.1 Å². The average molecular weight is 579 g/mol. The molecule has 0 saturated heterocycles. The van der Waals surface area contributed by atoms with E-state index in [2.05, 4.69) is 32.7 Å². The molecule has 40 heavy (non-hydrogen) atoms. The summed E-state index contributed by atoms with van der Waals surface area (Å²) in [5.74, 6) is 0.0718. The fourth-order valence-corrected chi connectivity index (χ4v) is 8.80. The minimum absolute atomic E-state index is 0.0596. The Hall–Kier alpha value is -1.38. The number of carbonyl (C=O) groups excluding carboxylic acids is 3. The highest BCUT2D eigenvalue weighted by molar-refractivity contribution is 8.01. The van der Waals surface area contributed by atoms with Crippen molar-refractivity contribution >= 4 is 29.4 Å². The van der Waals surface area contributed by atoms with Crippen molar-refractivity contribution in [1.29, 1.82) is 0 Å². The van der Waals surface area contributed by atoms with E-state index in [1.54, 1.807) is 0 Å². The molecule has 3 aliphatic rings. The number of rotatable bonds is 10. The predicted molar refractivity (Wildman–Crippen MR) is 162 cm³/mol. The molecule has 228 valence electrons. The number of aliphatic hydroxyl groups excluding tert-OH is 1. The third-order valence-corrected chi connectivity index (χ3v) is 12.2. The average Bonchev–Trinajstić information content (AvgIpc) is 3.24. The zero-order chi connectivity index (χ0) is 30.3. The molecule has 0 unspecified atom stereocenters. The Morgan fingerprint density at radius 3 is 2.52 bits per heavy atom. The predicted octanol–water partition coefficient (Wildman–Crippen LogP) is 4.89. The summed E-state index contributed by atoms with van der Waals surface area (Å²) in [7, 11) is 0. The zero-order valence-corrected chi connectivity index (χ0v) is 26.9. The van der Waals surface area contributed by atoms with Crippen LogP contribution in [0, 0.1) is 39.9 Å². The van der Waals surface area contributed by atoms with Crippen LogP contribution in [-0.2, 0) is 19.1 Å². The van der Waals surface area contributed by atoms with Crippen molar-refractivity contribution in [3.05, 3.63) is 12.7 Å². The van der Waals surface area contributed by atoms with E-state index in [4.69, 9.17) is 10.5 Å². The van der Waals surface area contributed by atoms with E-state index in [-0.39, 0.29) is 46.6 Å². The number of thioether (sulfide) groups is 1. The van der Waals surface area contributed by atoms with Gasteiger partial charge in [0, 0.05) is 34.5 Å². The first-order chi connectivity index (χ1) is 18.4. The van der Waals surface area contributed by atoms with Crippen LogP contribution in [0.25, 0.3) is 0 Å². The maximum absolute atomic E-state index is 13.5. The number of aliphatic hydroxyl groups is 1. The number of hydrogen-bond donors (Lipinski definition) is 3. The van der Waals surface area contributed by atoms with Gasteiger partial charge in [0.05, 0.1) is 17.9 Å². The summed E-state index contributed by atoms with van der Waals surface area (Å²) in [5.41, 5.74) is 4.54. The molecule has 3 saturated carbocycles. The van der Waals surface area contributed by atoms with Crippen LogP contribution in [0.1, 0.15) is 93.9 Å². The van der Waals surface area contributed by atoms with E-state index < -0.39 is 33.8 Å². The molecule has 4 N–H and O–H groups in total. The van der Waals surface area contributed by atoms with Gasteiger partial charge in [0.2, 0.25) is 5.91 Å². The van der Waals surface area contributed by atoms with Crippen molar-refractivity contribution in [3.63, 3.8) is 0 Å². The van der Waals surface area contributed by atoms with Gasteiger partial charge in [0.15, 0.2) is 0 Å². The van der Waals surface area contributed by atoms with Crippen molar-refractivity contribution in [2.45, 2.75) is 117 Å². The third-order valence-electron chi connectivity index (χ3n) is 10.9. The molecule has 0 aromatic rings. The maximum atomic E-state index is 13.5. The molecule has 0 heterocycles. The van der Waals surface area contributed by atoms with Gasteiger partial charge in [0.25, 0.3) is 0 Å². The minimum Gasteiger partial charge on any atom is -0.461 e. The van der Waals surface area contributed by atoms with Gasteiger partial charge in [-0.15, -0.1) is 18.3 Å². The summed E-state index contributed by atoms with van der Waals surface area (Å²) in [6.45, 7) is 20.9. The molecule has 3 rings (SSSR count). The fourth-order valence-electron chi connectivity index (χ4n) is 8.05. The van der Waals surface area contributed by atoms with Crippen molar-refractivity contribution in [2.24, 2.45) is 45.7 Å². The van der Waals surface area contributed by atoms with Crippen LogP contribution in [0.15, 0.2) is 12.7 Å². The molecule has 0 radical (unpaired) electrons. The number of Topliss-reactive ketones (excluding diaryl/α,β-unsaturated/α-hetero) is 1. The molecule has 0 aliphatic heterocycles. The van der Waals surface area contributed by atoms with Gasteiger partial charge in [-0.25, -0.2) is 0 Å². The van der Waals surface area contributed by atoms with Crippen molar-refractivity contribution in [2.75, 3.05) is 12.3 Å². The highest BCUT2D eigenvalue weighted by Crippen LogP contribution is 2.68. The normalized spacial score (nSPS) is 38.7. The summed E-state index contributed by atoms with van der Waals surface area (Å²) in [5, 5.41) is 14.6. The monoisotopic (exact) mass is 578 g/mol. The first-order valence-corrected chi connectivity index (χ1v) is 16.1.